The Hall–Kier alpha value is -2.21. The van der Waals surface area contributed by atoms with Crippen LogP contribution in [0.1, 0.15) is 16.4 Å². The largest absolute Gasteiger partial charge is 0.475 e. The van der Waals surface area contributed by atoms with Crippen LogP contribution >= 0.6 is 15.9 Å². The van der Waals surface area contributed by atoms with Crippen molar-refractivity contribution in [2.45, 2.75) is 6.92 Å². The number of aromatic nitrogens is 3. The first-order valence-electron chi connectivity index (χ1n) is 5.91. The van der Waals surface area contributed by atoms with Gasteiger partial charge in [-0.2, -0.15) is 0 Å². The molecule has 0 fully saturated rings. The fraction of sp³-hybridized carbons (Fsp3) is 0.0714. The first-order valence-corrected chi connectivity index (χ1v) is 6.70. The minimum Gasteiger partial charge on any atom is -0.475 e. The van der Waals surface area contributed by atoms with Gasteiger partial charge in [0.1, 0.15) is 5.82 Å². The Morgan fingerprint density at radius 2 is 1.90 bits per heavy atom. The first kappa shape index (κ1) is 12.8. The summed E-state index contributed by atoms with van der Waals surface area (Å²) in [5.74, 6) is -0.783. The lowest BCUT2D eigenvalue weighted by Gasteiger charge is -2.05. The third-order valence-electron chi connectivity index (χ3n) is 2.99. The number of nitrogens with zero attached hydrogens (tertiary/aromatic N) is 3. The van der Waals surface area contributed by atoms with Gasteiger partial charge in [-0.25, -0.2) is 14.5 Å². The molecule has 2 aromatic carbocycles. The summed E-state index contributed by atoms with van der Waals surface area (Å²) in [4.78, 5) is 14.8. The zero-order valence-corrected chi connectivity index (χ0v) is 12.1. The Kier molecular flexibility index (Phi) is 3.02. The van der Waals surface area contributed by atoms with E-state index in [1.165, 1.54) is 4.68 Å². The second-order valence-corrected chi connectivity index (χ2v) is 5.29. The second kappa shape index (κ2) is 4.72. The average molecular weight is 332 g/mol. The summed E-state index contributed by atoms with van der Waals surface area (Å²) in [5.41, 5.74) is 0.789. The fourth-order valence-corrected chi connectivity index (χ4v) is 2.44. The number of aryl methyl sites for hydroxylation is 1. The van der Waals surface area contributed by atoms with Crippen molar-refractivity contribution in [1.29, 1.82) is 0 Å². The molecule has 1 aromatic heterocycles. The van der Waals surface area contributed by atoms with Crippen molar-refractivity contribution in [1.82, 2.24) is 14.8 Å². The molecule has 0 aliphatic carbocycles. The van der Waals surface area contributed by atoms with Gasteiger partial charge in [-0.15, -0.1) is 5.10 Å². The summed E-state index contributed by atoms with van der Waals surface area (Å²) >= 11 is 3.43. The summed E-state index contributed by atoms with van der Waals surface area (Å²) in [5, 5.41) is 15.1. The quantitative estimate of drug-likeness (QED) is 0.783. The van der Waals surface area contributed by atoms with Crippen LogP contribution in [0.15, 0.2) is 40.9 Å². The zero-order chi connectivity index (χ0) is 14.3. The van der Waals surface area contributed by atoms with Crippen molar-refractivity contribution >= 4 is 32.7 Å². The molecule has 6 heteroatoms. The van der Waals surface area contributed by atoms with Gasteiger partial charge in [-0.05, 0) is 42.0 Å². The normalized spacial score (nSPS) is 10.9. The van der Waals surface area contributed by atoms with Crippen LogP contribution in [0.5, 0.6) is 0 Å². The number of halogens is 1. The van der Waals surface area contributed by atoms with Gasteiger partial charge in [0.25, 0.3) is 5.82 Å². The molecule has 1 N–H and O–H groups in total. The van der Waals surface area contributed by atoms with Crippen LogP contribution in [-0.2, 0) is 0 Å². The lowest BCUT2D eigenvalue weighted by atomic mass is 10.1. The second-order valence-electron chi connectivity index (χ2n) is 4.38. The molecule has 0 atom stereocenters. The van der Waals surface area contributed by atoms with Crippen LogP contribution < -0.4 is 0 Å². The lowest BCUT2D eigenvalue weighted by Crippen LogP contribution is -2.02. The zero-order valence-electron chi connectivity index (χ0n) is 10.5. The van der Waals surface area contributed by atoms with Crippen LogP contribution in [0.3, 0.4) is 0 Å². The third-order valence-corrected chi connectivity index (χ3v) is 3.48. The van der Waals surface area contributed by atoms with Gasteiger partial charge in [0, 0.05) is 4.47 Å². The SMILES string of the molecule is Cc1nc(C(=O)O)nn1-c1ccc2cc(Br)ccc2c1. The summed E-state index contributed by atoms with van der Waals surface area (Å²) in [6.45, 7) is 1.73. The molecule has 3 rings (SSSR count). The number of rotatable bonds is 2. The predicted molar refractivity (Wildman–Crippen MR) is 78.3 cm³/mol. The number of carboxylic acid groups (broad SMARTS) is 1. The smallest absolute Gasteiger partial charge is 0.375 e. The monoisotopic (exact) mass is 331 g/mol. The molecule has 0 saturated carbocycles. The van der Waals surface area contributed by atoms with Crippen molar-refractivity contribution in [2.75, 3.05) is 0 Å². The molecular weight excluding hydrogens is 322 g/mol. The Labute approximate surface area is 123 Å². The summed E-state index contributed by atoms with van der Waals surface area (Å²) in [6, 6.07) is 11.8. The summed E-state index contributed by atoms with van der Waals surface area (Å²) in [6.07, 6.45) is 0. The van der Waals surface area contributed by atoms with Gasteiger partial charge < -0.3 is 5.11 Å². The molecule has 100 valence electrons. The topological polar surface area (TPSA) is 68.0 Å². The number of carboxylic acids is 1. The number of aromatic carboxylic acids is 1. The number of carbonyl (C=O) groups is 1. The highest BCUT2D eigenvalue weighted by molar-refractivity contribution is 9.10. The van der Waals surface area contributed by atoms with Crippen molar-refractivity contribution < 1.29 is 9.90 Å². The number of hydrogen-bond acceptors (Lipinski definition) is 3. The van der Waals surface area contributed by atoms with E-state index in [9.17, 15) is 4.79 Å². The third kappa shape index (κ3) is 2.18. The van der Waals surface area contributed by atoms with Crippen molar-refractivity contribution in [2.24, 2.45) is 0 Å². The Balaban J connectivity index is 2.14. The van der Waals surface area contributed by atoms with Crippen LogP contribution in [-0.4, -0.2) is 25.8 Å². The average Bonchev–Trinajstić information content (AvgIpc) is 2.80. The molecule has 0 aliphatic rings. The van der Waals surface area contributed by atoms with Gasteiger partial charge in [0.15, 0.2) is 0 Å². The highest BCUT2D eigenvalue weighted by Gasteiger charge is 2.13. The highest BCUT2D eigenvalue weighted by atomic mass is 79.9. The van der Waals surface area contributed by atoms with Crippen LogP contribution in [0, 0.1) is 6.92 Å². The first-order chi connectivity index (χ1) is 9.54. The van der Waals surface area contributed by atoms with Gasteiger partial charge in [-0.3, -0.25) is 0 Å². The summed E-state index contributed by atoms with van der Waals surface area (Å²) < 4.78 is 2.55. The number of fused-ring (bicyclic) bond motifs is 1. The van der Waals surface area contributed by atoms with E-state index in [4.69, 9.17) is 5.11 Å². The Morgan fingerprint density at radius 1 is 1.20 bits per heavy atom. The van der Waals surface area contributed by atoms with Gasteiger partial charge in [0.2, 0.25) is 0 Å². The van der Waals surface area contributed by atoms with Crippen molar-refractivity contribution in [3.63, 3.8) is 0 Å². The maximum atomic E-state index is 10.9. The molecule has 0 amide bonds. The van der Waals surface area contributed by atoms with Crippen LogP contribution in [0.25, 0.3) is 16.5 Å². The molecule has 0 aliphatic heterocycles. The summed E-state index contributed by atoms with van der Waals surface area (Å²) in [7, 11) is 0. The number of hydrogen-bond donors (Lipinski definition) is 1. The van der Waals surface area contributed by atoms with E-state index in [1.54, 1.807) is 6.92 Å². The van der Waals surface area contributed by atoms with E-state index in [0.717, 1.165) is 20.9 Å². The van der Waals surface area contributed by atoms with Crippen LogP contribution in [0.4, 0.5) is 0 Å². The molecule has 0 spiro atoms. The standard InChI is InChI=1S/C14H10BrN3O2/c1-8-16-13(14(19)20)17-18(8)12-5-3-9-6-11(15)4-2-10(9)7-12/h2-7H,1H3,(H,19,20). The highest BCUT2D eigenvalue weighted by Crippen LogP contribution is 2.22. The van der Waals surface area contributed by atoms with E-state index >= 15 is 0 Å². The van der Waals surface area contributed by atoms with E-state index in [0.29, 0.717) is 5.82 Å². The molecular formula is C14H10BrN3O2. The van der Waals surface area contributed by atoms with E-state index < -0.39 is 5.97 Å². The minimum absolute atomic E-state index is 0.196. The van der Waals surface area contributed by atoms with E-state index in [1.807, 2.05) is 36.4 Å². The van der Waals surface area contributed by atoms with Crippen LogP contribution in [0.2, 0.25) is 0 Å². The molecule has 1 heterocycles. The van der Waals surface area contributed by atoms with Gasteiger partial charge in [0.05, 0.1) is 5.69 Å². The van der Waals surface area contributed by atoms with Gasteiger partial charge in [-0.1, -0.05) is 28.1 Å². The van der Waals surface area contributed by atoms with Crippen molar-refractivity contribution in [3.05, 3.63) is 52.5 Å². The predicted octanol–water partition coefficient (Wildman–Crippen LogP) is 3.19. The van der Waals surface area contributed by atoms with E-state index in [2.05, 4.69) is 26.0 Å². The minimum atomic E-state index is -1.13. The molecule has 20 heavy (non-hydrogen) atoms. The Bertz CT molecular complexity index is 826. The molecule has 0 saturated heterocycles. The molecule has 0 unspecified atom stereocenters. The maximum absolute atomic E-state index is 10.9. The van der Waals surface area contributed by atoms with Crippen molar-refractivity contribution in [3.8, 4) is 5.69 Å². The van der Waals surface area contributed by atoms with E-state index in [-0.39, 0.29) is 5.82 Å². The molecule has 0 radical (unpaired) electrons. The maximum Gasteiger partial charge on any atom is 0.375 e. The molecule has 3 aromatic rings. The lowest BCUT2D eigenvalue weighted by molar-refractivity contribution is 0.0683. The molecule has 0 bridgehead atoms. The number of benzene rings is 2. The fourth-order valence-electron chi connectivity index (χ4n) is 2.06. The molecule has 5 nitrogen and oxygen atoms in total. The van der Waals surface area contributed by atoms with Gasteiger partial charge >= 0.3 is 5.97 Å². The Morgan fingerprint density at radius 3 is 2.60 bits per heavy atom.